The van der Waals surface area contributed by atoms with Crippen LogP contribution in [0.5, 0.6) is 11.6 Å². The summed E-state index contributed by atoms with van der Waals surface area (Å²) in [6, 6.07) is 6.68. The summed E-state index contributed by atoms with van der Waals surface area (Å²) in [7, 11) is 0. The standard InChI is InChI=1S/C13H11F3N2O/c1-8-2-3-10(17)7-11(8)19-12-6-9(4-5-18-12)13(14,15)16/h2-7H,17H2,1H3. The van der Waals surface area contributed by atoms with Gasteiger partial charge in [-0.05, 0) is 24.6 Å². The molecule has 0 spiro atoms. The zero-order chi connectivity index (χ0) is 14.0. The van der Waals surface area contributed by atoms with Crippen molar-refractivity contribution in [3.63, 3.8) is 0 Å². The zero-order valence-corrected chi connectivity index (χ0v) is 10.0. The average molecular weight is 268 g/mol. The third-order valence-electron chi connectivity index (χ3n) is 2.49. The molecule has 1 aromatic carbocycles. The van der Waals surface area contributed by atoms with Crippen LogP contribution in [0.2, 0.25) is 0 Å². The summed E-state index contributed by atoms with van der Waals surface area (Å²) < 4.78 is 43.0. The van der Waals surface area contributed by atoms with E-state index in [9.17, 15) is 13.2 Å². The fourth-order valence-electron chi connectivity index (χ4n) is 1.48. The van der Waals surface area contributed by atoms with Crippen molar-refractivity contribution in [3.05, 3.63) is 47.7 Å². The molecule has 3 nitrogen and oxygen atoms in total. The topological polar surface area (TPSA) is 48.1 Å². The van der Waals surface area contributed by atoms with E-state index < -0.39 is 11.7 Å². The first-order chi connectivity index (χ1) is 8.86. The number of anilines is 1. The van der Waals surface area contributed by atoms with E-state index in [-0.39, 0.29) is 5.88 Å². The molecule has 1 aromatic heterocycles. The van der Waals surface area contributed by atoms with Crippen LogP contribution >= 0.6 is 0 Å². The van der Waals surface area contributed by atoms with E-state index in [0.29, 0.717) is 11.4 Å². The van der Waals surface area contributed by atoms with Crippen LogP contribution in [0.25, 0.3) is 0 Å². The van der Waals surface area contributed by atoms with Crippen molar-refractivity contribution in [1.29, 1.82) is 0 Å². The van der Waals surface area contributed by atoms with E-state index in [0.717, 1.165) is 23.9 Å². The number of nitrogens with two attached hydrogens (primary N) is 1. The average Bonchev–Trinajstić information content (AvgIpc) is 2.33. The molecule has 0 atom stereocenters. The Hall–Kier alpha value is -2.24. The van der Waals surface area contributed by atoms with Gasteiger partial charge in [-0.15, -0.1) is 0 Å². The highest BCUT2D eigenvalue weighted by atomic mass is 19.4. The molecule has 1 heterocycles. The summed E-state index contributed by atoms with van der Waals surface area (Å²) in [6.07, 6.45) is -3.37. The molecule has 0 aliphatic carbocycles. The quantitative estimate of drug-likeness (QED) is 0.843. The Bertz CT molecular complexity index is 597. The number of alkyl halides is 3. The van der Waals surface area contributed by atoms with Crippen molar-refractivity contribution in [1.82, 2.24) is 4.98 Å². The van der Waals surface area contributed by atoms with Crippen LogP contribution in [-0.2, 0) is 6.18 Å². The molecule has 0 aliphatic rings. The lowest BCUT2D eigenvalue weighted by atomic mass is 10.2. The van der Waals surface area contributed by atoms with Gasteiger partial charge in [-0.1, -0.05) is 6.07 Å². The Kier molecular flexibility index (Phi) is 3.33. The minimum atomic E-state index is -4.42. The van der Waals surface area contributed by atoms with E-state index in [1.807, 2.05) is 0 Å². The molecule has 0 saturated heterocycles. The number of nitrogen functional groups attached to an aromatic ring is 1. The number of nitrogens with zero attached hydrogens (tertiary/aromatic N) is 1. The molecule has 0 amide bonds. The van der Waals surface area contributed by atoms with Crippen LogP contribution in [0.4, 0.5) is 18.9 Å². The fourth-order valence-corrected chi connectivity index (χ4v) is 1.48. The van der Waals surface area contributed by atoms with Crippen LogP contribution in [0.3, 0.4) is 0 Å². The highest BCUT2D eigenvalue weighted by molar-refractivity contribution is 5.49. The van der Waals surface area contributed by atoms with Gasteiger partial charge in [-0.3, -0.25) is 0 Å². The van der Waals surface area contributed by atoms with Crippen molar-refractivity contribution < 1.29 is 17.9 Å². The molecule has 0 fully saturated rings. The largest absolute Gasteiger partial charge is 0.439 e. The van der Waals surface area contributed by atoms with Crippen LogP contribution in [0.1, 0.15) is 11.1 Å². The van der Waals surface area contributed by atoms with Gasteiger partial charge in [0.1, 0.15) is 5.75 Å². The molecular formula is C13H11F3N2O. The predicted molar refractivity (Wildman–Crippen MR) is 64.9 cm³/mol. The predicted octanol–water partition coefficient (Wildman–Crippen LogP) is 3.78. The number of hydrogen-bond donors (Lipinski definition) is 1. The molecule has 19 heavy (non-hydrogen) atoms. The SMILES string of the molecule is Cc1ccc(N)cc1Oc1cc(C(F)(F)F)ccn1. The molecule has 0 saturated carbocycles. The molecule has 0 radical (unpaired) electrons. The van der Waals surface area contributed by atoms with Crippen molar-refractivity contribution >= 4 is 5.69 Å². The van der Waals surface area contributed by atoms with Gasteiger partial charge in [0.25, 0.3) is 0 Å². The highest BCUT2D eigenvalue weighted by Crippen LogP contribution is 2.32. The van der Waals surface area contributed by atoms with Gasteiger partial charge >= 0.3 is 6.18 Å². The summed E-state index contributed by atoms with van der Waals surface area (Å²) in [5.41, 5.74) is 6.02. The monoisotopic (exact) mass is 268 g/mol. The Morgan fingerprint density at radius 3 is 2.58 bits per heavy atom. The summed E-state index contributed by atoms with van der Waals surface area (Å²) in [5.74, 6) is 0.260. The second-order valence-corrected chi connectivity index (χ2v) is 4.01. The number of benzene rings is 1. The van der Waals surface area contributed by atoms with Gasteiger partial charge in [0, 0.05) is 24.0 Å². The number of aromatic nitrogens is 1. The summed E-state index contributed by atoms with van der Waals surface area (Å²) in [6.45, 7) is 1.77. The Labute approximate surface area is 107 Å². The van der Waals surface area contributed by atoms with Crippen LogP contribution in [0, 0.1) is 6.92 Å². The van der Waals surface area contributed by atoms with Gasteiger partial charge in [-0.2, -0.15) is 13.2 Å². The summed E-state index contributed by atoms with van der Waals surface area (Å²) in [5, 5.41) is 0. The molecule has 2 N–H and O–H groups in total. The van der Waals surface area contributed by atoms with Crippen LogP contribution < -0.4 is 10.5 Å². The minimum Gasteiger partial charge on any atom is -0.439 e. The van der Waals surface area contributed by atoms with E-state index in [1.165, 1.54) is 6.07 Å². The molecule has 6 heteroatoms. The Morgan fingerprint density at radius 2 is 1.89 bits per heavy atom. The minimum absolute atomic E-state index is 0.122. The van der Waals surface area contributed by atoms with Crippen molar-refractivity contribution in [3.8, 4) is 11.6 Å². The lowest BCUT2D eigenvalue weighted by molar-refractivity contribution is -0.137. The number of aryl methyl sites for hydroxylation is 1. The van der Waals surface area contributed by atoms with Crippen LogP contribution in [0.15, 0.2) is 36.5 Å². The lowest BCUT2D eigenvalue weighted by Crippen LogP contribution is -2.05. The van der Waals surface area contributed by atoms with Crippen molar-refractivity contribution in [2.45, 2.75) is 13.1 Å². The maximum Gasteiger partial charge on any atom is 0.416 e. The molecule has 2 aromatic rings. The van der Waals surface area contributed by atoms with Gasteiger partial charge in [0.15, 0.2) is 0 Å². The van der Waals surface area contributed by atoms with Gasteiger partial charge in [-0.25, -0.2) is 4.98 Å². The summed E-state index contributed by atoms with van der Waals surface area (Å²) in [4.78, 5) is 3.76. The van der Waals surface area contributed by atoms with E-state index in [4.69, 9.17) is 10.5 Å². The van der Waals surface area contributed by atoms with Crippen molar-refractivity contribution in [2.24, 2.45) is 0 Å². The second-order valence-electron chi connectivity index (χ2n) is 4.01. The number of hydrogen-bond acceptors (Lipinski definition) is 3. The molecule has 100 valence electrons. The van der Waals surface area contributed by atoms with E-state index >= 15 is 0 Å². The third kappa shape index (κ3) is 3.15. The number of ether oxygens (including phenoxy) is 1. The summed E-state index contributed by atoms with van der Waals surface area (Å²) >= 11 is 0. The van der Waals surface area contributed by atoms with Crippen molar-refractivity contribution in [2.75, 3.05) is 5.73 Å². The fraction of sp³-hybridized carbons (Fsp3) is 0.154. The molecule has 0 aliphatic heterocycles. The smallest absolute Gasteiger partial charge is 0.416 e. The number of pyridine rings is 1. The Balaban J connectivity index is 2.31. The van der Waals surface area contributed by atoms with Crippen LogP contribution in [-0.4, -0.2) is 4.98 Å². The molecule has 0 unspecified atom stereocenters. The van der Waals surface area contributed by atoms with Gasteiger partial charge in [0.05, 0.1) is 5.56 Å². The molecule has 2 rings (SSSR count). The zero-order valence-electron chi connectivity index (χ0n) is 10.0. The third-order valence-corrected chi connectivity index (χ3v) is 2.49. The molecule has 0 bridgehead atoms. The number of rotatable bonds is 2. The van der Waals surface area contributed by atoms with E-state index in [2.05, 4.69) is 4.98 Å². The lowest BCUT2D eigenvalue weighted by Gasteiger charge is -2.11. The highest BCUT2D eigenvalue weighted by Gasteiger charge is 2.31. The first-order valence-corrected chi connectivity index (χ1v) is 5.43. The normalized spacial score (nSPS) is 11.4. The number of halogens is 3. The molecular weight excluding hydrogens is 257 g/mol. The second kappa shape index (κ2) is 4.79. The van der Waals surface area contributed by atoms with Gasteiger partial charge in [0.2, 0.25) is 5.88 Å². The van der Waals surface area contributed by atoms with E-state index in [1.54, 1.807) is 19.1 Å². The maximum atomic E-state index is 12.5. The maximum absolute atomic E-state index is 12.5. The first-order valence-electron chi connectivity index (χ1n) is 5.43. The Morgan fingerprint density at radius 1 is 1.16 bits per heavy atom. The van der Waals surface area contributed by atoms with Gasteiger partial charge < -0.3 is 10.5 Å². The first kappa shape index (κ1) is 13.2.